The van der Waals surface area contributed by atoms with Crippen LogP contribution in [-0.4, -0.2) is 128 Å². The van der Waals surface area contributed by atoms with Gasteiger partial charge in [0.05, 0.1) is 28.4 Å². The van der Waals surface area contributed by atoms with Crippen LogP contribution in [0.1, 0.15) is 79.7 Å². The maximum absolute atomic E-state index is 13.8. The van der Waals surface area contributed by atoms with Crippen molar-refractivity contribution in [1.29, 1.82) is 0 Å². The van der Waals surface area contributed by atoms with Crippen LogP contribution in [0.15, 0.2) is 218 Å². The van der Waals surface area contributed by atoms with Gasteiger partial charge in [-0.1, -0.05) is 168 Å². The number of hydrogen-bond acceptors (Lipinski definition) is 10. The Hall–Kier alpha value is -13.8. The average molecular weight is 1680 g/mol. The van der Waals surface area contributed by atoms with Crippen molar-refractivity contribution in [1.82, 2.24) is 25.3 Å². The summed E-state index contributed by atoms with van der Waals surface area (Å²) in [7, 11) is 4.91. The van der Waals surface area contributed by atoms with Crippen molar-refractivity contribution in [2.75, 3.05) is 80.5 Å². The van der Waals surface area contributed by atoms with Crippen molar-refractivity contribution in [2.24, 2.45) is 29.6 Å². The molecule has 10 amide bonds. The molecule has 0 spiro atoms. The maximum Gasteiger partial charge on any atom is 0.237 e. The number of nitrogens with zero attached hydrogens (tertiary/aromatic N) is 3. The van der Waals surface area contributed by atoms with Crippen molar-refractivity contribution >= 4 is 87.5 Å². The van der Waals surface area contributed by atoms with E-state index in [1.54, 1.807) is 56.4 Å². The molecule has 0 radical (unpaired) electrons. The third-order valence-corrected chi connectivity index (χ3v) is 21.6. The minimum Gasteiger partial charge on any atom is -0.355 e. The number of halogens is 10. The predicted molar refractivity (Wildman–Crippen MR) is 436 cm³/mol. The van der Waals surface area contributed by atoms with E-state index in [1.165, 1.54) is 76.5 Å². The first kappa shape index (κ1) is 89.0. The summed E-state index contributed by atoms with van der Waals surface area (Å²) < 4.78 is 135. The minimum absolute atomic E-state index is 0.0303. The molecule has 632 valence electrons. The maximum atomic E-state index is 13.8. The Morgan fingerprint density at radius 1 is 0.279 bits per heavy atom. The fourth-order valence-electron chi connectivity index (χ4n) is 14.9. The quantitative estimate of drug-likeness (QED) is 0.0290. The summed E-state index contributed by atoms with van der Waals surface area (Å²) in [5.74, 6) is -22.0. The molecule has 5 aliphatic heterocycles. The zero-order chi connectivity index (χ0) is 88.1. The van der Waals surface area contributed by atoms with E-state index in [2.05, 4.69) is 37.2 Å². The lowest BCUT2D eigenvalue weighted by atomic mass is 9.87. The number of anilines is 5. The molecule has 5 aliphatic rings. The largest absolute Gasteiger partial charge is 0.355 e. The van der Waals surface area contributed by atoms with Crippen LogP contribution in [0.3, 0.4) is 0 Å². The summed E-state index contributed by atoms with van der Waals surface area (Å²) in [5, 5.41) is 17.2. The average Bonchev–Trinajstić information content (AvgIpc) is 1.60. The van der Waals surface area contributed by atoms with Crippen LogP contribution >= 0.6 is 0 Å². The van der Waals surface area contributed by atoms with Crippen LogP contribution in [0.2, 0.25) is 0 Å². The van der Waals surface area contributed by atoms with Gasteiger partial charge in [0.1, 0.15) is 47.0 Å². The molecular formula is C92H84F10N10O10. The molecule has 10 unspecified atom stereocenters. The van der Waals surface area contributed by atoms with E-state index in [0.717, 1.165) is 62.7 Å². The second-order valence-corrected chi connectivity index (χ2v) is 30.1. The molecule has 0 saturated carbocycles. The van der Waals surface area contributed by atoms with Gasteiger partial charge in [0.2, 0.25) is 59.1 Å². The van der Waals surface area contributed by atoms with E-state index in [1.807, 2.05) is 125 Å². The van der Waals surface area contributed by atoms with Crippen LogP contribution in [0.4, 0.5) is 72.3 Å². The van der Waals surface area contributed by atoms with Crippen molar-refractivity contribution in [3.05, 3.63) is 327 Å². The molecule has 0 aromatic heterocycles. The summed E-state index contributed by atoms with van der Waals surface area (Å²) in [6.45, 7) is 9.59. The van der Waals surface area contributed by atoms with Gasteiger partial charge in [-0.05, 0) is 128 Å². The Kier molecular flexibility index (Phi) is 28.7. The number of carbonyl (C=O) groups is 10. The van der Waals surface area contributed by atoms with Crippen LogP contribution < -0.4 is 37.2 Å². The highest BCUT2D eigenvalue weighted by Gasteiger charge is 2.48. The Morgan fingerprint density at radius 2 is 0.533 bits per heavy atom. The molecule has 0 bridgehead atoms. The number of hydrogen-bond donors (Lipinski definition) is 7. The Labute approximate surface area is 695 Å². The fraction of sp³-hybridized carbons (Fsp3) is 0.239. The molecule has 5 saturated heterocycles. The number of amides is 10. The molecule has 122 heavy (non-hydrogen) atoms. The monoisotopic (exact) mass is 1680 g/mol. The number of rotatable bonds is 15. The number of benzene rings is 10. The Morgan fingerprint density at radius 3 is 0.852 bits per heavy atom. The lowest BCUT2D eigenvalue weighted by molar-refractivity contribution is -0.136. The number of nitrogens with one attached hydrogen (secondary N) is 7. The van der Waals surface area contributed by atoms with Gasteiger partial charge in [0.15, 0.2) is 40.7 Å². The third kappa shape index (κ3) is 20.9. The topological polar surface area (TPSA) is 265 Å². The molecular weight excluding hydrogens is 1600 g/mol. The SMILES string of the molecule is CN1CC(c2ccc(F)cc2)C(C(=O)Nc2ccccc2F)C1=O.Cc1ccc(C2CN(C)C(=O)C2C(=O)Nc2cccc(F)c2F)cc1.Cc1ccc(C2CN(C)C(=O)C2C(=O)Nc2ccccc2F)cc1.Cc1ccc(C2CNC(=O)C2C(=O)Nc2ccc(F)c(F)c2F)cc1.Cc1ccc(C2CNC(=O)C2C(=O)Nc2cccc(F)c2F)cc1. The molecule has 15 rings (SSSR count). The van der Waals surface area contributed by atoms with E-state index < -0.39 is 141 Å². The molecule has 10 aromatic carbocycles. The zero-order valence-electron chi connectivity index (χ0n) is 66.8. The van der Waals surface area contributed by atoms with Gasteiger partial charge in [-0.2, -0.15) is 0 Å². The summed E-state index contributed by atoms with van der Waals surface area (Å²) in [6.07, 6.45) is 0. The van der Waals surface area contributed by atoms with Crippen molar-refractivity contribution in [3.8, 4) is 0 Å². The van der Waals surface area contributed by atoms with Gasteiger partial charge >= 0.3 is 0 Å². The van der Waals surface area contributed by atoms with Crippen molar-refractivity contribution in [3.63, 3.8) is 0 Å². The molecule has 5 heterocycles. The minimum atomic E-state index is -1.68. The van der Waals surface area contributed by atoms with E-state index >= 15 is 0 Å². The first-order chi connectivity index (χ1) is 58.2. The number of para-hydroxylation sites is 2. The van der Waals surface area contributed by atoms with E-state index in [9.17, 15) is 91.8 Å². The van der Waals surface area contributed by atoms with Crippen LogP contribution in [0, 0.1) is 115 Å². The first-order valence-corrected chi connectivity index (χ1v) is 38.5. The lowest BCUT2D eigenvalue weighted by Gasteiger charge is -2.17. The highest BCUT2D eigenvalue weighted by atomic mass is 19.2. The van der Waals surface area contributed by atoms with Crippen LogP contribution in [0.5, 0.6) is 0 Å². The molecule has 10 atom stereocenters. The summed E-state index contributed by atoms with van der Waals surface area (Å²) in [6, 6.07) is 56.4. The van der Waals surface area contributed by atoms with Gasteiger partial charge < -0.3 is 51.9 Å². The van der Waals surface area contributed by atoms with Crippen molar-refractivity contribution < 1.29 is 91.8 Å². The molecule has 0 aliphatic carbocycles. The van der Waals surface area contributed by atoms with Gasteiger partial charge in [0, 0.05) is 83.5 Å². The molecule has 5 fully saturated rings. The normalized spacial score (nSPS) is 20.0. The number of likely N-dealkylation sites (tertiary alicyclic amines) is 3. The fourth-order valence-corrected chi connectivity index (χ4v) is 14.9. The number of aryl methyl sites for hydroxylation is 4. The van der Waals surface area contributed by atoms with Crippen LogP contribution in [-0.2, 0) is 47.9 Å². The van der Waals surface area contributed by atoms with Gasteiger partial charge in [-0.15, -0.1) is 0 Å². The first-order valence-electron chi connectivity index (χ1n) is 38.5. The number of likely N-dealkylation sites (N-methyl/N-ethyl adjacent to an activating group) is 3. The Bertz CT molecular complexity index is 5450. The van der Waals surface area contributed by atoms with Gasteiger partial charge in [-0.3, -0.25) is 47.9 Å². The zero-order valence-corrected chi connectivity index (χ0v) is 66.8. The summed E-state index contributed by atoms with van der Waals surface area (Å²) in [4.78, 5) is 129. The standard InChI is InChI=1S/C19H18F2N2O2.C19H19FN2O2.C18H15F3N2O2.2C18H16F2N2O2/c1-11-6-8-12(9-7-11)13-10-23(2)19(25)16(13)18(24)22-15-5-3-4-14(20)17(15)21;1-12-7-9-13(10-8-12)14-11-22(2)19(24)17(14)18(23)21-16-6-4-3-5-15(16)20;1-9-2-4-10(5-3-9)11-8-22-17(24)14(11)18(25)23-13-7-6-12(19)15(20)16(13)21;1-10-5-7-11(8-6-10)12-9-21-17(23)15(12)18(24)22-14-4-2-3-13(19)16(14)20;1-22-10-13(11-6-8-12(19)9-7-11)16(18(22)24)17(23)21-15-5-3-2-4-14(15)20/h3-9,13,16H,10H2,1-2H3,(H,22,24);3-10,14,17H,11H2,1-2H3,(H,21,23);2-7,11,14H,8H2,1H3,(H,22,24)(H,23,25);2-8,12,15H,9H2,1H3,(H,21,23)(H,22,24);2-9,13,16H,10H2,1H3,(H,21,23). The lowest BCUT2D eigenvalue weighted by Crippen LogP contribution is -2.33. The molecule has 10 aromatic rings. The summed E-state index contributed by atoms with van der Waals surface area (Å²) >= 11 is 0. The summed E-state index contributed by atoms with van der Waals surface area (Å²) in [5.41, 5.74) is 7.49. The van der Waals surface area contributed by atoms with Crippen molar-refractivity contribution in [2.45, 2.75) is 57.3 Å². The van der Waals surface area contributed by atoms with E-state index in [0.29, 0.717) is 37.8 Å². The van der Waals surface area contributed by atoms with E-state index in [-0.39, 0.29) is 70.6 Å². The highest BCUT2D eigenvalue weighted by molar-refractivity contribution is 6.12. The van der Waals surface area contributed by atoms with Gasteiger partial charge in [-0.25, -0.2) is 43.9 Å². The molecule has 7 N–H and O–H groups in total. The second-order valence-electron chi connectivity index (χ2n) is 30.1. The van der Waals surface area contributed by atoms with Gasteiger partial charge in [0.25, 0.3) is 0 Å². The second kappa shape index (κ2) is 39.4. The smallest absolute Gasteiger partial charge is 0.237 e. The Balaban J connectivity index is 0.000000149. The predicted octanol–water partition coefficient (Wildman–Crippen LogP) is 14.4. The third-order valence-electron chi connectivity index (χ3n) is 21.6. The van der Waals surface area contributed by atoms with E-state index in [4.69, 9.17) is 0 Å². The number of carbonyl (C=O) groups excluding carboxylic acids is 10. The van der Waals surface area contributed by atoms with Crippen LogP contribution in [0.25, 0.3) is 0 Å². The highest BCUT2D eigenvalue weighted by Crippen LogP contribution is 2.40. The molecule has 20 nitrogen and oxygen atoms in total. The molecule has 30 heteroatoms.